The van der Waals surface area contributed by atoms with Crippen molar-refractivity contribution in [1.82, 2.24) is 9.78 Å². The Balaban J connectivity index is 1.90. The molecule has 2 aliphatic rings. The fraction of sp³-hybridized carbons (Fsp3) is 0.474. The number of carbonyl (C=O) groups is 1. The van der Waals surface area contributed by atoms with Crippen LogP contribution in [0.4, 0.5) is 0 Å². The van der Waals surface area contributed by atoms with Crippen LogP contribution in [0.5, 0.6) is 5.75 Å². The van der Waals surface area contributed by atoms with Crippen molar-refractivity contribution < 1.29 is 9.53 Å². The lowest BCUT2D eigenvalue weighted by atomic mass is 9.75. The lowest BCUT2D eigenvalue weighted by Gasteiger charge is -2.29. The molecule has 120 valence electrons. The number of rotatable bonds is 3. The van der Waals surface area contributed by atoms with Crippen molar-refractivity contribution in [2.24, 2.45) is 5.41 Å². The Hall–Kier alpha value is -2.10. The van der Waals surface area contributed by atoms with E-state index in [1.165, 1.54) is 0 Å². The molecule has 1 fully saturated rings. The van der Waals surface area contributed by atoms with Gasteiger partial charge in [-0.25, -0.2) is 4.68 Å². The van der Waals surface area contributed by atoms with Crippen LogP contribution < -0.4 is 4.74 Å². The van der Waals surface area contributed by atoms with Gasteiger partial charge in [0, 0.05) is 18.4 Å². The van der Waals surface area contributed by atoms with Gasteiger partial charge in [-0.1, -0.05) is 19.9 Å². The first-order valence-electron chi connectivity index (χ1n) is 8.28. The van der Waals surface area contributed by atoms with E-state index in [9.17, 15) is 4.79 Å². The van der Waals surface area contributed by atoms with Gasteiger partial charge in [0.25, 0.3) is 0 Å². The Labute approximate surface area is 136 Å². The van der Waals surface area contributed by atoms with Crippen LogP contribution in [0.2, 0.25) is 0 Å². The predicted molar refractivity (Wildman–Crippen MR) is 88.5 cm³/mol. The topological polar surface area (TPSA) is 44.1 Å². The van der Waals surface area contributed by atoms with E-state index in [0.717, 1.165) is 47.7 Å². The number of benzene rings is 1. The number of carbonyl (C=O) groups excluding carboxylic acids is 1. The minimum Gasteiger partial charge on any atom is -0.497 e. The van der Waals surface area contributed by atoms with Gasteiger partial charge in [0.15, 0.2) is 5.78 Å². The molecule has 0 amide bonds. The van der Waals surface area contributed by atoms with Gasteiger partial charge >= 0.3 is 0 Å². The van der Waals surface area contributed by atoms with Crippen molar-refractivity contribution in [3.63, 3.8) is 0 Å². The van der Waals surface area contributed by atoms with Crippen LogP contribution in [0, 0.1) is 5.41 Å². The lowest BCUT2D eigenvalue weighted by molar-refractivity contribution is 0.0910. The summed E-state index contributed by atoms with van der Waals surface area (Å²) in [6.07, 6.45) is 3.80. The maximum absolute atomic E-state index is 12.7. The first-order valence-corrected chi connectivity index (χ1v) is 8.28. The van der Waals surface area contributed by atoms with E-state index in [1.807, 2.05) is 28.9 Å². The predicted octanol–water partition coefficient (Wildman–Crippen LogP) is 3.91. The minimum atomic E-state index is -0.0123. The van der Waals surface area contributed by atoms with Gasteiger partial charge in [0.1, 0.15) is 5.75 Å². The number of hydrogen-bond acceptors (Lipinski definition) is 3. The molecule has 23 heavy (non-hydrogen) atoms. The normalized spacial score (nSPS) is 19.5. The average molecular weight is 310 g/mol. The summed E-state index contributed by atoms with van der Waals surface area (Å²) in [4.78, 5) is 12.7. The summed E-state index contributed by atoms with van der Waals surface area (Å²) in [5.41, 5.74) is 3.94. The summed E-state index contributed by atoms with van der Waals surface area (Å²) >= 11 is 0. The van der Waals surface area contributed by atoms with E-state index in [0.29, 0.717) is 12.3 Å². The van der Waals surface area contributed by atoms with Gasteiger partial charge < -0.3 is 4.74 Å². The van der Waals surface area contributed by atoms with Gasteiger partial charge in [-0.05, 0) is 36.8 Å². The van der Waals surface area contributed by atoms with E-state index in [2.05, 4.69) is 13.8 Å². The number of aromatic nitrogens is 2. The van der Waals surface area contributed by atoms with Crippen LogP contribution in [0.15, 0.2) is 24.3 Å². The monoisotopic (exact) mass is 310 g/mol. The van der Waals surface area contributed by atoms with Crippen LogP contribution >= 0.6 is 0 Å². The fourth-order valence-corrected chi connectivity index (χ4v) is 3.58. The Morgan fingerprint density at radius 1 is 1.26 bits per heavy atom. The molecule has 0 aliphatic heterocycles. The molecular weight excluding hydrogens is 288 g/mol. The van der Waals surface area contributed by atoms with E-state index in [-0.39, 0.29) is 11.2 Å². The largest absolute Gasteiger partial charge is 0.497 e. The number of ether oxygens (including phenoxy) is 1. The second-order valence-corrected chi connectivity index (χ2v) is 7.54. The molecule has 0 spiro atoms. The van der Waals surface area contributed by atoms with Crippen molar-refractivity contribution in [3.05, 3.63) is 41.2 Å². The highest BCUT2D eigenvalue weighted by Crippen LogP contribution is 2.46. The van der Waals surface area contributed by atoms with Crippen molar-refractivity contribution in [2.45, 2.75) is 45.4 Å². The molecule has 1 heterocycles. The summed E-state index contributed by atoms with van der Waals surface area (Å²) in [6, 6.07) is 7.90. The standard InChI is InChI=1S/C19H22N2O2/c1-19(2)10-15-17(16(22)11-19)18(12-7-8-12)20-21(15)13-5-4-6-14(9-13)23-3/h4-6,9,12H,7-8,10-11H2,1-3H3. The molecule has 0 saturated heterocycles. The summed E-state index contributed by atoms with van der Waals surface area (Å²) in [7, 11) is 1.67. The highest BCUT2D eigenvalue weighted by atomic mass is 16.5. The smallest absolute Gasteiger partial charge is 0.167 e. The van der Waals surface area contributed by atoms with E-state index in [4.69, 9.17) is 9.84 Å². The highest BCUT2D eigenvalue weighted by Gasteiger charge is 2.40. The number of hydrogen-bond donors (Lipinski definition) is 0. The SMILES string of the molecule is COc1cccc(-n2nc(C3CC3)c3c2CC(C)(C)CC3=O)c1. The molecular formula is C19H22N2O2. The van der Waals surface area contributed by atoms with E-state index in [1.54, 1.807) is 7.11 Å². The molecule has 2 aromatic rings. The summed E-state index contributed by atoms with van der Waals surface area (Å²) in [6.45, 7) is 4.32. The molecule has 1 aromatic carbocycles. The third kappa shape index (κ3) is 2.46. The number of Topliss-reactive ketones (excluding diaryl/α,β-unsaturated/α-hetero) is 1. The van der Waals surface area contributed by atoms with Crippen LogP contribution in [0.3, 0.4) is 0 Å². The molecule has 4 rings (SSSR count). The van der Waals surface area contributed by atoms with Crippen molar-refractivity contribution in [3.8, 4) is 11.4 Å². The fourth-order valence-electron chi connectivity index (χ4n) is 3.58. The summed E-state index contributed by atoms with van der Waals surface area (Å²) < 4.78 is 7.32. The third-order valence-corrected chi connectivity index (χ3v) is 4.83. The summed E-state index contributed by atoms with van der Waals surface area (Å²) in [5.74, 6) is 1.54. The molecule has 4 heteroatoms. The Morgan fingerprint density at radius 2 is 2.04 bits per heavy atom. The van der Waals surface area contributed by atoms with Gasteiger partial charge in [-0.15, -0.1) is 0 Å². The molecule has 1 saturated carbocycles. The van der Waals surface area contributed by atoms with Crippen LogP contribution in [0.25, 0.3) is 5.69 Å². The van der Waals surface area contributed by atoms with Gasteiger partial charge in [-0.2, -0.15) is 5.10 Å². The number of fused-ring (bicyclic) bond motifs is 1. The molecule has 4 nitrogen and oxygen atoms in total. The maximum atomic E-state index is 12.7. The number of ketones is 1. The van der Waals surface area contributed by atoms with Crippen LogP contribution in [-0.4, -0.2) is 22.7 Å². The zero-order valence-corrected chi connectivity index (χ0v) is 13.9. The molecule has 0 bridgehead atoms. The second kappa shape index (κ2) is 4.95. The average Bonchev–Trinajstić information content (AvgIpc) is 3.28. The molecule has 0 unspecified atom stereocenters. The zero-order chi connectivity index (χ0) is 16.2. The third-order valence-electron chi connectivity index (χ3n) is 4.83. The number of methoxy groups -OCH3 is 1. The van der Waals surface area contributed by atoms with Crippen molar-refractivity contribution in [1.29, 1.82) is 0 Å². The molecule has 0 radical (unpaired) electrons. The van der Waals surface area contributed by atoms with Gasteiger partial charge in [0.2, 0.25) is 0 Å². The van der Waals surface area contributed by atoms with Crippen molar-refractivity contribution in [2.75, 3.05) is 7.11 Å². The van der Waals surface area contributed by atoms with E-state index < -0.39 is 0 Å². The Morgan fingerprint density at radius 3 is 2.74 bits per heavy atom. The molecule has 0 atom stereocenters. The molecule has 0 N–H and O–H groups in total. The van der Waals surface area contributed by atoms with Crippen molar-refractivity contribution >= 4 is 5.78 Å². The minimum absolute atomic E-state index is 0.0123. The summed E-state index contributed by atoms with van der Waals surface area (Å²) in [5, 5.41) is 4.86. The molecule has 1 aromatic heterocycles. The second-order valence-electron chi connectivity index (χ2n) is 7.54. The lowest BCUT2D eigenvalue weighted by Crippen LogP contribution is -2.28. The first kappa shape index (κ1) is 14.5. The highest BCUT2D eigenvalue weighted by molar-refractivity contribution is 6.00. The van der Waals surface area contributed by atoms with Gasteiger partial charge in [-0.3, -0.25) is 4.79 Å². The van der Waals surface area contributed by atoms with Crippen LogP contribution in [-0.2, 0) is 6.42 Å². The van der Waals surface area contributed by atoms with Gasteiger partial charge in [0.05, 0.1) is 29.7 Å². The van der Waals surface area contributed by atoms with Crippen LogP contribution in [0.1, 0.15) is 60.8 Å². The maximum Gasteiger partial charge on any atom is 0.167 e. The zero-order valence-electron chi connectivity index (χ0n) is 13.9. The Kier molecular flexibility index (Phi) is 3.12. The van der Waals surface area contributed by atoms with E-state index >= 15 is 0 Å². The first-order chi connectivity index (χ1) is 11.0. The Bertz CT molecular complexity index is 785. The quantitative estimate of drug-likeness (QED) is 0.863. The number of nitrogens with zero attached hydrogens (tertiary/aromatic N) is 2. The molecule has 2 aliphatic carbocycles.